The Kier molecular flexibility index (Phi) is 4.47. The van der Waals surface area contributed by atoms with Crippen molar-refractivity contribution in [3.63, 3.8) is 0 Å². The minimum Gasteiger partial charge on any atom is -0.353 e. The number of likely N-dealkylation sites (N-methyl/N-ethyl adjacent to an activating group) is 1. The Hall–Kier alpha value is -0.980. The van der Waals surface area contributed by atoms with E-state index in [1.165, 1.54) is 4.88 Å². The van der Waals surface area contributed by atoms with Gasteiger partial charge in [0.15, 0.2) is 0 Å². The van der Waals surface area contributed by atoms with Gasteiger partial charge >= 0.3 is 0 Å². The van der Waals surface area contributed by atoms with Crippen LogP contribution in [0, 0.1) is 0 Å². The van der Waals surface area contributed by atoms with Crippen LogP contribution in [0.3, 0.4) is 0 Å². The fourth-order valence-corrected chi connectivity index (χ4v) is 2.72. The zero-order valence-corrected chi connectivity index (χ0v) is 11.8. The van der Waals surface area contributed by atoms with Crippen LogP contribution < -0.4 is 10.6 Å². The van der Waals surface area contributed by atoms with Crippen molar-refractivity contribution in [1.29, 1.82) is 0 Å². The third-order valence-corrected chi connectivity index (χ3v) is 3.90. The molecule has 0 bridgehead atoms. The molecule has 0 aliphatic rings. The van der Waals surface area contributed by atoms with Gasteiger partial charge in [-0.05, 0) is 29.0 Å². The van der Waals surface area contributed by atoms with Gasteiger partial charge in [0, 0.05) is 45.8 Å². The number of thiophene rings is 1. The minimum absolute atomic E-state index is 0.666. The molecule has 2 aromatic heterocycles. The Balaban J connectivity index is 2.02. The van der Waals surface area contributed by atoms with Crippen LogP contribution in [0.25, 0.3) is 10.4 Å². The molecule has 90 valence electrons. The average Bonchev–Trinajstić information content (AvgIpc) is 2.77. The van der Waals surface area contributed by atoms with Crippen LogP contribution in [0.1, 0.15) is 0 Å². The van der Waals surface area contributed by atoms with E-state index >= 15 is 0 Å². The number of rotatable bonds is 5. The SMILES string of the molecule is CNCCNc1ncc(-c2cc(Br)cs2)cn1. The van der Waals surface area contributed by atoms with Crippen molar-refractivity contribution in [3.8, 4) is 10.4 Å². The molecule has 0 saturated carbocycles. The molecular formula is C11H13BrN4S. The summed E-state index contributed by atoms with van der Waals surface area (Å²) in [6.45, 7) is 1.71. The summed E-state index contributed by atoms with van der Waals surface area (Å²) in [5, 5.41) is 8.25. The van der Waals surface area contributed by atoms with Crippen LogP contribution >= 0.6 is 27.3 Å². The monoisotopic (exact) mass is 312 g/mol. The summed E-state index contributed by atoms with van der Waals surface area (Å²) in [4.78, 5) is 9.72. The number of aromatic nitrogens is 2. The van der Waals surface area contributed by atoms with Gasteiger partial charge in [-0.15, -0.1) is 11.3 Å². The molecule has 0 aliphatic carbocycles. The number of anilines is 1. The lowest BCUT2D eigenvalue weighted by atomic mass is 10.3. The molecule has 0 amide bonds. The predicted molar refractivity (Wildman–Crippen MR) is 75.5 cm³/mol. The second kappa shape index (κ2) is 6.09. The highest BCUT2D eigenvalue weighted by molar-refractivity contribution is 9.10. The molecule has 6 heteroatoms. The number of hydrogen-bond acceptors (Lipinski definition) is 5. The Morgan fingerprint density at radius 1 is 1.29 bits per heavy atom. The van der Waals surface area contributed by atoms with E-state index in [4.69, 9.17) is 0 Å². The third kappa shape index (κ3) is 3.49. The molecule has 2 heterocycles. The van der Waals surface area contributed by atoms with Gasteiger partial charge in [0.05, 0.1) is 0 Å². The van der Waals surface area contributed by atoms with E-state index < -0.39 is 0 Å². The molecule has 0 spiro atoms. The third-order valence-electron chi connectivity index (χ3n) is 2.16. The predicted octanol–water partition coefficient (Wildman–Crippen LogP) is 2.60. The van der Waals surface area contributed by atoms with E-state index in [-0.39, 0.29) is 0 Å². The van der Waals surface area contributed by atoms with Gasteiger partial charge in [-0.3, -0.25) is 0 Å². The molecular weight excluding hydrogens is 300 g/mol. The van der Waals surface area contributed by atoms with Crippen LogP contribution in [-0.4, -0.2) is 30.1 Å². The molecule has 0 unspecified atom stereocenters. The molecule has 0 fully saturated rings. The van der Waals surface area contributed by atoms with Gasteiger partial charge in [-0.25, -0.2) is 9.97 Å². The Bertz CT molecular complexity index is 469. The normalized spacial score (nSPS) is 10.5. The summed E-state index contributed by atoms with van der Waals surface area (Å²) in [6, 6.07) is 2.07. The summed E-state index contributed by atoms with van der Waals surface area (Å²) in [5.74, 6) is 0.666. The van der Waals surface area contributed by atoms with Gasteiger partial charge in [0.2, 0.25) is 5.95 Å². The average molecular weight is 313 g/mol. The lowest BCUT2D eigenvalue weighted by Crippen LogP contribution is -2.18. The van der Waals surface area contributed by atoms with E-state index in [1.807, 2.05) is 19.4 Å². The molecule has 2 N–H and O–H groups in total. The van der Waals surface area contributed by atoms with Gasteiger partial charge in [-0.2, -0.15) is 0 Å². The first kappa shape index (κ1) is 12.5. The molecule has 0 radical (unpaired) electrons. The second-order valence-electron chi connectivity index (χ2n) is 3.45. The maximum atomic E-state index is 4.28. The van der Waals surface area contributed by atoms with Gasteiger partial charge in [0.25, 0.3) is 0 Å². The van der Waals surface area contributed by atoms with Crippen molar-refractivity contribution < 1.29 is 0 Å². The summed E-state index contributed by atoms with van der Waals surface area (Å²) < 4.78 is 1.09. The van der Waals surface area contributed by atoms with Crippen molar-refractivity contribution in [2.45, 2.75) is 0 Å². The van der Waals surface area contributed by atoms with Crippen molar-refractivity contribution in [2.75, 3.05) is 25.5 Å². The quantitative estimate of drug-likeness (QED) is 0.833. The molecule has 17 heavy (non-hydrogen) atoms. The lowest BCUT2D eigenvalue weighted by Gasteiger charge is -2.04. The fourth-order valence-electron chi connectivity index (χ4n) is 1.31. The standard InChI is InChI=1S/C11H13BrN4S/c1-13-2-3-14-11-15-5-8(6-16-11)10-4-9(12)7-17-10/h4-7,13H,2-3H2,1H3,(H,14,15,16). The van der Waals surface area contributed by atoms with Gasteiger partial charge in [0.1, 0.15) is 0 Å². The van der Waals surface area contributed by atoms with Crippen molar-refractivity contribution >= 4 is 33.2 Å². The largest absolute Gasteiger partial charge is 0.353 e. The fraction of sp³-hybridized carbons (Fsp3) is 0.273. The number of hydrogen-bond donors (Lipinski definition) is 2. The molecule has 4 nitrogen and oxygen atoms in total. The smallest absolute Gasteiger partial charge is 0.222 e. The molecule has 0 aromatic carbocycles. The topological polar surface area (TPSA) is 49.8 Å². The van der Waals surface area contributed by atoms with Crippen molar-refractivity contribution in [1.82, 2.24) is 15.3 Å². The van der Waals surface area contributed by atoms with E-state index in [0.29, 0.717) is 5.95 Å². The summed E-state index contributed by atoms with van der Waals surface area (Å²) in [7, 11) is 1.92. The maximum Gasteiger partial charge on any atom is 0.222 e. The van der Waals surface area contributed by atoms with Crippen molar-refractivity contribution in [2.24, 2.45) is 0 Å². The van der Waals surface area contributed by atoms with Crippen LogP contribution in [0.2, 0.25) is 0 Å². The Morgan fingerprint density at radius 3 is 2.65 bits per heavy atom. The first-order chi connectivity index (χ1) is 8.29. The highest BCUT2D eigenvalue weighted by Gasteiger charge is 2.02. The molecule has 2 rings (SSSR count). The number of nitrogens with one attached hydrogen (secondary N) is 2. The van der Waals surface area contributed by atoms with Crippen molar-refractivity contribution in [3.05, 3.63) is 28.3 Å². The summed E-state index contributed by atoms with van der Waals surface area (Å²) in [6.07, 6.45) is 3.68. The zero-order valence-electron chi connectivity index (χ0n) is 9.40. The van der Waals surface area contributed by atoms with E-state index in [1.54, 1.807) is 11.3 Å². The first-order valence-corrected chi connectivity index (χ1v) is 6.92. The minimum atomic E-state index is 0.666. The van der Waals surface area contributed by atoms with E-state index in [0.717, 1.165) is 23.1 Å². The second-order valence-corrected chi connectivity index (χ2v) is 5.28. The molecule has 0 atom stereocenters. The van der Waals surface area contributed by atoms with Crippen LogP contribution in [0.4, 0.5) is 5.95 Å². The summed E-state index contributed by atoms with van der Waals surface area (Å²) >= 11 is 5.11. The van der Waals surface area contributed by atoms with Crippen LogP contribution in [0.5, 0.6) is 0 Å². The zero-order chi connectivity index (χ0) is 12.1. The highest BCUT2D eigenvalue weighted by Crippen LogP contribution is 2.28. The number of halogens is 1. The first-order valence-electron chi connectivity index (χ1n) is 5.24. The number of nitrogens with zero attached hydrogens (tertiary/aromatic N) is 2. The van der Waals surface area contributed by atoms with Gasteiger partial charge < -0.3 is 10.6 Å². The molecule has 0 saturated heterocycles. The van der Waals surface area contributed by atoms with Gasteiger partial charge in [-0.1, -0.05) is 0 Å². The molecule has 2 aromatic rings. The lowest BCUT2D eigenvalue weighted by molar-refractivity contribution is 0.817. The van der Waals surface area contributed by atoms with E-state index in [2.05, 4.69) is 48.0 Å². The maximum absolute atomic E-state index is 4.28. The van der Waals surface area contributed by atoms with E-state index in [9.17, 15) is 0 Å². The summed E-state index contributed by atoms with van der Waals surface area (Å²) in [5.41, 5.74) is 1.04. The Labute approximate surface area is 113 Å². The van der Waals surface area contributed by atoms with Crippen LogP contribution in [-0.2, 0) is 0 Å². The molecule has 0 aliphatic heterocycles. The Morgan fingerprint density at radius 2 is 2.06 bits per heavy atom. The van der Waals surface area contributed by atoms with Crippen LogP contribution in [0.15, 0.2) is 28.3 Å². The highest BCUT2D eigenvalue weighted by atomic mass is 79.9.